The maximum atomic E-state index is 11.2. The highest BCUT2D eigenvalue weighted by molar-refractivity contribution is 5.70. The average Bonchev–Trinajstić information content (AvgIpc) is 2.94. The van der Waals surface area contributed by atoms with Gasteiger partial charge >= 0.3 is 5.97 Å². The highest BCUT2D eigenvalue weighted by Gasteiger charge is 2.33. The molecule has 22 heavy (non-hydrogen) atoms. The summed E-state index contributed by atoms with van der Waals surface area (Å²) in [7, 11) is 0. The summed E-state index contributed by atoms with van der Waals surface area (Å²) in [6.45, 7) is 2.00. The largest absolute Gasteiger partial charge is 0.485 e. The standard InChI is InChI=1S/C19H24O3/c1-15(20)22-18-9-3-2-8-17(18)21-14-16-7-6-12-19(13-16)10-4-5-11-19/h2-3,8-9,13H,4-7,10-12,14H2,1H3. The fraction of sp³-hybridized carbons (Fsp3) is 0.526. The average molecular weight is 300 g/mol. The Hall–Kier alpha value is -1.77. The van der Waals surface area contributed by atoms with Crippen LogP contribution in [0.4, 0.5) is 0 Å². The van der Waals surface area contributed by atoms with Gasteiger partial charge in [0.2, 0.25) is 0 Å². The second kappa shape index (κ2) is 6.55. The molecule has 0 radical (unpaired) electrons. The zero-order valence-corrected chi connectivity index (χ0v) is 13.3. The lowest BCUT2D eigenvalue weighted by Crippen LogP contribution is -2.19. The minimum absolute atomic E-state index is 0.321. The van der Waals surface area contributed by atoms with Crippen molar-refractivity contribution in [3.05, 3.63) is 35.9 Å². The van der Waals surface area contributed by atoms with Crippen molar-refractivity contribution < 1.29 is 14.3 Å². The van der Waals surface area contributed by atoms with E-state index in [9.17, 15) is 4.79 Å². The quantitative estimate of drug-likeness (QED) is 0.461. The van der Waals surface area contributed by atoms with Crippen LogP contribution in [0.1, 0.15) is 51.9 Å². The molecule has 0 heterocycles. The molecule has 0 aliphatic heterocycles. The fourth-order valence-electron chi connectivity index (χ4n) is 3.81. The number of para-hydroxylation sites is 2. The van der Waals surface area contributed by atoms with Gasteiger partial charge in [-0.05, 0) is 55.2 Å². The van der Waals surface area contributed by atoms with Crippen LogP contribution >= 0.6 is 0 Å². The molecular formula is C19H24O3. The van der Waals surface area contributed by atoms with Crippen molar-refractivity contribution >= 4 is 5.97 Å². The van der Waals surface area contributed by atoms with Crippen LogP contribution in [0.3, 0.4) is 0 Å². The van der Waals surface area contributed by atoms with Crippen molar-refractivity contribution in [1.29, 1.82) is 0 Å². The summed E-state index contributed by atoms with van der Waals surface area (Å²) in [6, 6.07) is 7.37. The Bertz CT molecular complexity index is 568. The molecule has 1 saturated carbocycles. The molecule has 3 nitrogen and oxygen atoms in total. The number of ether oxygens (including phenoxy) is 2. The Balaban J connectivity index is 1.67. The van der Waals surface area contributed by atoms with E-state index in [0.717, 1.165) is 6.42 Å². The van der Waals surface area contributed by atoms with Crippen LogP contribution in [-0.2, 0) is 4.79 Å². The summed E-state index contributed by atoms with van der Waals surface area (Å²) in [5.74, 6) is 0.824. The van der Waals surface area contributed by atoms with Crippen molar-refractivity contribution in [2.45, 2.75) is 51.9 Å². The molecule has 118 valence electrons. The first-order chi connectivity index (χ1) is 10.7. The highest BCUT2D eigenvalue weighted by atomic mass is 16.6. The molecule has 2 aliphatic carbocycles. The lowest BCUT2D eigenvalue weighted by molar-refractivity contribution is -0.132. The molecule has 2 aliphatic rings. The van der Waals surface area contributed by atoms with E-state index in [2.05, 4.69) is 6.08 Å². The molecule has 0 saturated heterocycles. The first-order valence-corrected chi connectivity index (χ1v) is 8.28. The van der Waals surface area contributed by atoms with Crippen LogP contribution in [0.2, 0.25) is 0 Å². The second-order valence-electron chi connectivity index (χ2n) is 6.55. The minimum Gasteiger partial charge on any atom is -0.485 e. The van der Waals surface area contributed by atoms with Gasteiger partial charge in [0.15, 0.2) is 11.5 Å². The monoisotopic (exact) mass is 300 g/mol. The van der Waals surface area contributed by atoms with E-state index in [1.165, 1.54) is 51.0 Å². The summed E-state index contributed by atoms with van der Waals surface area (Å²) in [4.78, 5) is 11.2. The Morgan fingerprint density at radius 2 is 1.77 bits per heavy atom. The number of carbonyl (C=O) groups is 1. The van der Waals surface area contributed by atoms with Crippen LogP contribution in [0.5, 0.6) is 11.5 Å². The predicted octanol–water partition coefficient (Wildman–Crippen LogP) is 4.66. The van der Waals surface area contributed by atoms with E-state index >= 15 is 0 Å². The first-order valence-electron chi connectivity index (χ1n) is 8.28. The number of allylic oxidation sites excluding steroid dienone is 1. The van der Waals surface area contributed by atoms with E-state index in [1.807, 2.05) is 18.2 Å². The summed E-state index contributed by atoms with van der Waals surface area (Å²) in [6.07, 6.45) is 11.6. The third-order valence-corrected chi connectivity index (χ3v) is 4.80. The number of esters is 1. The van der Waals surface area contributed by atoms with E-state index < -0.39 is 0 Å². The molecule has 3 rings (SSSR count). The van der Waals surface area contributed by atoms with Gasteiger partial charge in [-0.3, -0.25) is 4.79 Å². The van der Waals surface area contributed by atoms with E-state index in [1.54, 1.807) is 6.07 Å². The highest BCUT2D eigenvalue weighted by Crippen LogP contribution is 2.47. The summed E-state index contributed by atoms with van der Waals surface area (Å²) >= 11 is 0. The lowest BCUT2D eigenvalue weighted by atomic mass is 9.75. The molecule has 0 aromatic heterocycles. The molecule has 0 N–H and O–H groups in total. The Morgan fingerprint density at radius 1 is 1.09 bits per heavy atom. The topological polar surface area (TPSA) is 35.5 Å². The van der Waals surface area contributed by atoms with Crippen molar-refractivity contribution in [3.63, 3.8) is 0 Å². The van der Waals surface area contributed by atoms with Gasteiger partial charge in [0.25, 0.3) is 0 Å². The van der Waals surface area contributed by atoms with Crippen LogP contribution < -0.4 is 9.47 Å². The molecule has 0 atom stereocenters. The summed E-state index contributed by atoms with van der Waals surface area (Å²) in [5, 5.41) is 0. The van der Waals surface area contributed by atoms with Crippen molar-refractivity contribution in [1.82, 2.24) is 0 Å². The molecule has 1 aromatic rings. The molecule has 3 heteroatoms. The maximum Gasteiger partial charge on any atom is 0.308 e. The summed E-state index contributed by atoms with van der Waals surface area (Å²) < 4.78 is 11.1. The van der Waals surface area contributed by atoms with Crippen LogP contribution in [-0.4, -0.2) is 12.6 Å². The van der Waals surface area contributed by atoms with Crippen LogP contribution in [0, 0.1) is 5.41 Å². The van der Waals surface area contributed by atoms with E-state index in [-0.39, 0.29) is 5.97 Å². The van der Waals surface area contributed by atoms with Crippen molar-refractivity contribution in [2.24, 2.45) is 5.41 Å². The van der Waals surface area contributed by atoms with Gasteiger partial charge in [0.05, 0.1) is 0 Å². The predicted molar refractivity (Wildman–Crippen MR) is 86.1 cm³/mol. The third kappa shape index (κ3) is 3.52. The molecule has 1 fully saturated rings. The van der Waals surface area contributed by atoms with Gasteiger partial charge < -0.3 is 9.47 Å². The SMILES string of the molecule is CC(=O)Oc1ccccc1OCC1=CC2(CCCC2)CCC1. The normalized spacial score (nSPS) is 19.8. The smallest absolute Gasteiger partial charge is 0.308 e. The minimum atomic E-state index is -0.321. The van der Waals surface area contributed by atoms with Crippen molar-refractivity contribution in [2.75, 3.05) is 6.61 Å². The van der Waals surface area contributed by atoms with E-state index in [0.29, 0.717) is 23.5 Å². The maximum absolute atomic E-state index is 11.2. The molecule has 0 unspecified atom stereocenters. The van der Waals surface area contributed by atoms with Crippen molar-refractivity contribution in [3.8, 4) is 11.5 Å². The van der Waals surface area contributed by atoms with Gasteiger partial charge in [0, 0.05) is 6.92 Å². The number of rotatable bonds is 4. The number of carbonyl (C=O) groups excluding carboxylic acids is 1. The van der Waals surface area contributed by atoms with Gasteiger partial charge in [-0.1, -0.05) is 31.1 Å². The van der Waals surface area contributed by atoms with E-state index in [4.69, 9.17) is 9.47 Å². The lowest BCUT2D eigenvalue weighted by Gasteiger charge is -2.31. The second-order valence-corrected chi connectivity index (χ2v) is 6.55. The van der Waals surface area contributed by atoms with Crippen LogP contribution in [0.15, 0.2) is 35.9 Å². The van der Waals surface area contributed by atoms with Gasteiger partial charge in [-0.25, -0.2) is 0 Å². The zero-order chi connectivity index (χ0) is 15.4. The molecule has 0 bridgehead atoms. The molecule has 1 aromatic carbocycles. The zero-order valence-electron chi connectivity index (χ0n) is 13.3. The first kappa shape index (κ1) is 15.1. The Labute approximate surface area is 132 Å². The fourth-order valence-corrected chi connectivity index (χ4v) is 3.81. The van der Waals surface area contributed by atoms with Gasteiger partial charge in [0.1, 0.15) is 6.61 Å². The van der Waals surface area contributed by atoms with Gasteiger partial charge in [-0.15, -0.1) is 0 Å². The Morgan fingerprint density at radius 3 is 2.50 bits per heavy atom. The molecule has 1 spiro atoms. The number of hydrogen-bond donors (Lipinski definition) is 0. The molecule has 0 amide bonds. The third-order valence-electron chi connectivity index (χ3n) is 4.80. The summed E-state index contributed by atoms with van der Waals surface area (Å²) in [5.41, 5.74) is 1.84. The Kier molecular flexibility index (Phi) is 4.51. The molecular weight excluding hydrogens is 276 g/mol. The number of hydrogen-bond acceptors (Lipinski definition) is 3. The van der Waals surface area contributed by atoms with Crippen LogP contribution in [0.25, 0.3) is 0 Å². The van der Waals surface area contributed by atoms with Gasteiger partial charge in [-0.2, -0.15) is 0 Å². The number of benzene rings is 1.